The van der Waals surface area contributed by atoms with Crippen LogP contribution in [0.4, 0.5) is 0 Å². The molecule has 20 heavy (non-hydrogen) atoms. The number of unbranched alkanes of at least 4 members (excludes halogenated alkanes) is 5. The molecule has 0 spiro atoms. The largest absolute Gasteiger partial charge is 0.504 e. The standard InChI is InChI=1S/C15H21IO4/c16-10-6-4-2-1-3-5-7-11-8-9-12(17)14(18)13(11)15(19)20/h8-9,17-18H,1-7,10H2,(H,19,20). The maximum Gasteiger partial charge on any atom is 0.339 e. The second-order valence-electron chi connectivity index (χ2n) is 4.83. The van der Waals surface area contributed by atoms with E-state index in [2.05, 4.69) is 22.6 Å². The Bertz CT molecular complexity index is 446. The van der Waals surface area contributed by atoms with Crippen molar-refractivity contribution in [2.45, 2.75) is 44.9 Å². The molecule has 1 aromatic rings. The van der Waals surface area contributed by atoms with E-state index in [-0.39, 0.29) is 11.3 Å². The smallest absolute Gasteiger partial charge is 0.339 e. The second-order valence-corrected chi connectivity index (χ2v) is 5.91. The molecule has 0 aromatic heterocycles. The molecule has 0 atom stereocenters. The van der Waals surface area contributed by atoms with Gasteiger partial charge in [0.2, 0.25) is 0 Å². The van der Waals surface area contributed by atoms with Crippen LogP contribution in [0.15, 0.2) is 12.1 Å². The zero-order valence-electron chi connectivity index (χ0n) is 11.4. The van der Waals surface area contributed by atoms with Crippen LogP contribution in [0.25, 0.3) is 0 Å². The van der Waals surface area contributed by atoms with Crippen LogP contribution in [0.2, 0.25) is 0 Å². The van der Waals surface area contributed by atoms with Crippen molar-refractivity contribution in [1.29, 1.82) is 0 Å². The number of carboxylic acids is 1. The topological polar surface area (TPSA) is 77.8 Å². The Morgan fingerprint density at radius 2 is 1.60 bits per heavy atom. The Labute approximate surface area is 133 Å². The van der Waals surface area contributed by atoms with E-state index in [9.17, 15) is 15.0 Å². The van der Waals surface area contributed by atoms with E-state index < -0.39 is 11.7 Å². The SMILES string of the molecule is O=C(O)c1c(CCCCCCCCI)ccc(O)c1O. The van der Waals surface area contributed by atoms with Gasteiger partial charge in [-0.15, -0.1) is 0 Å². The van der Waals surface area contributed by atoms with E-state index in [1.807, 2.05) is 0 Å². The summed E-state index contributed by atoms with van der Waals surface area (Å²) in [6.45, 7) is 0. The van der Waals surface area contributed by atoms with Crippen molar-refractivity contribution < 1.29 is 20.1 Å². The van der Waals surface area contributed by atoms with Crippen LogP contribution in [0, 0.1) is 0 Å². The van der Waals surface area contributed by atoms with Crippen LogP contribution >= 0.6 is 22.6 Å². The number of rotatable bonds is 9. The van der Waals surface area contributed by atoms with Gasteiger partial charge in [0.25, 0.3) is 0 Å². The Balaban J connectivity index is 2.48. The third-order valence-electron chi connectivity index (χ3n) is 3.29. The molecule has 0 unspecified atom stereocenters. The van der Waals surface area contributed by atoms with Crippen molar-refractivity contribution >= 4 is 28.6 Å². The third-order valence-corrected chi connectivity index (χ3v) is 4.05. The number of carboxylic acid groups (broad SMARTS) is 1. The predicted molar refractivity (Wildman–Crippen MR) is 87.0 cm³/mol. The van der Waals surface area contributed by atoms with Crippen LogP contribution in [0.5, 0.6) is 11.5 Å². The fourth-order valence-corrected chi connectivity index (χ4v) is 2.73. The van der Waals surface area contributed by atoms with Crippen molar-refractivity contribution in [1.82, 2.24) is 0 Å². The average Bonchev–Trinajstić information content (AvgIpc) is 2.41. The van der Waals surface area contributed by atoms with E-state index >= 15 is 0 Å². The second kappa shape index (κ2) is 9.05. The van der Waals surface area contributed by atoms with Gasteiger partial charge in [-0.05, 0) is 35.3 Å². The highest BCUT2D eigenvalue weighted by molar-refractivity contribution is 14.1. The van der Waals surface area contributed by atoms with E-state index in [0.29, 0.717) is 12.0 Å². The maximum atomic E-state index is 11.1. The van der Waals surface area contributed by atoms with Gasteiger partial charge < -0.3 is 15.3 Å². The molecule has 1 aromatic carbocycles. The van der Waals surface area contributed by atoms with Gasteiger partial charge in [-0.1, -0.05) is 54.3 Å². The predicted octanol–water partition coefficient (Wildman–Crippen LogP) is 4.11. The number of aromatic hydroxyl groups is 2. The van der Waals surface area contributed by atoms with Crippen molar-refractivity contribution in [3.8, 4) is 11.5 Å². The molecule has 0 bridgehead atoms. The monoisotopic (exact) mass is 392 g/mol. The number of aryl methyl sites for hydroxylation is 1. The van der Waals surface area contributed by atoms with Crippen molar-refractivity contribution in [3.05, 3.63) is 23.3 Å². The van der Waals surface area contributed by atoms with Crippen LogP contribution in [0.3, 0.4) is 0 Å². The molecule has 0 aliphatic carbocycles. The van der Waals surface area contributed by atoms with Crippen LogP contribution < -0.4 is 0 Å². The fraction of sp³-hybridized carbons (Fsp3) is 0.533. The highest BCUT2D eigenvalue weighted by Gasteiger charge is 2.18. The minimum Gasteiger partial charge on any atom is -0.504 e. The fourth-order valence-electron chi connectivity index (χ4n) is 2.19. The number of aromatic carboxylic acids is 1. The average molecular weight is 392 g/mol. The van der Waals surface area contributed by atoms with E-state index in [1.54, 1.807) is 6.07 Å². The summed E-state index contributed by atoms with van der Waals surface area (Å²) in [4.78, 5) is 11.1. The summed E-state index contributed by atoms with van der Waals surface area (Å²) in [5.41, 5.74) is 0.412. The van der Waals surface area contributed by atoms with Gasteiger partial charge in [-0.2, -0.15) is 0 Å². The molecule has 0 aliphatic rings. The molecule has 5 heteroatoms. The number of carbonyl (C=O) groups is 1. The first-order valence-electron chi connectivity index (χ1n) is 6.91. The minimum atomic E-state index is -1.20. The molecule has 0 fully saturated rings. The number of phenolic OH excluding ortho intramolecular Hbond substituents is 1. The Kier molecular flexibility index (Phi) is 7.72. The first-order chi connectivity index (χ1) is 9.57. The summed E-state index contributed by atoms with van der Waals surface area (Å²) in [6.07, 6.45) is 7.45. The van der Waals surface area contributed by atoms with Crippen LogP contribution in [0.1, 0.15) is 54.4 Å². The summed E-state index contributed by atoms with van der Waals surface area (Å²) in [5.74, 6) is -2.11. The van der Waals surface area contributed by atoms with Gasteiger partial charge in [-0.25, -0.2) is 4.79 Å². The molecule has 112 valence electrons. The van der Waals surface area contributed by atoms with E-state index in [4.69, 9.17) is 5.11 Å². The lowest BCUT2D eigenvalue weighted by Crippen LogP contribution is -2.03. The lowest BCUT2D eigenvalue weighted by atomic mass is 9.99. The Hall–Kier alpha value is -0.980. The maximum absolute atomic E-state index is 11.1. The first kappa shape index (κ1) is 17.1. The summed E-state index contributed by atoms with van der Waals surface area (Å²) in [6, 6.07) is 2.92. The summed E-state index contributed by atoms with van der Waals surface area (Å²) < 4.78 is 1.20. The van der Waals surface area contributed by atoms with Crippen molar-refractivity contribution in [3.63, 3.8) is 0 Å². The van der Waals surface area contributed by atoms with Gasteiger partial charge in [-0.3, -0.25) is 0 Å². The number of hydrogen-bond acceptors (Lipinski definition) is 3. The number of hydrogen-bond donors (Lipinski definition) is 3. The molecule has 0 heterocycles. The number of halogens is 1. The third kappa shape index (κ3) is 5.19. The van der Waals surface area contributed by atoms with Crippen LogP contribution in [-0.4, -0.2) is 25.7 Å². The number of benzene rings is 1. The lowest BCUT2D eigenvalue weighted by Gasteiger charge is -2.09. The molecule has 0 saturated heterocycles. The highest BCUT2D eigenvalue weighted by Crippen LogP contribution is 2.32. The van der Waals surface area contributed by atoms with Gasteiger partial charge in [0.05, 0.1) is 0 Å². The first-order valence-corrected chi connectivity index (χ1v) is 8.43. The van der Waals surface area contributed by atoms with Gasteiger partial charge in [0, 0.05) is 0 Å². The zero-order valence-corrected chi connectivity index (χ0v) is 13.6. The molecule has 0 amide bonds. The van der Waals surface area contributed by atoms with Crippen LogP contribution in [-0.2, 0) is 6.42 Å². The summed E-state index contributed by atoms with van der Waals surface area (Å²) in [5, 5.41) is 28.1. The molecule has 4 nitrogen and oxygen atoms in total. The Morgan fingerprint density at radius 1 is 1.00 bits per heavy atom. The number of alkyl halides is 1. The molecule has 0 radical (unpaired) electrons. The minimum absolute atomic E-state index is 0.171. The lowest BCUT2D eigenvalue weighted by molar-refractivity contribution is 0.0691. The molecule has 3 N–H and O–H groups in total. The molecule has 1 rings (SSSR count). The molecular weight excluding hydrogens is 371 g/mol. The quantitative estimate of drug-likeness (QED) is 0.256. The Morgan fingerprint density at radius 3 is 2.20 bits per heavy atom. The van der Waals surface area contributed by atoms with Crippen molar-refractivity contribution in [2.24, 2.45) is 0 Å². The normalized spacial score (nSPS) is 10.7. The van der Waals surface area contributed by atoms with E-state index in [1.165, 1.54) is 29.8 Å². The van der Waals surface area contributed by atoms with E-state index in [0.717, 1.165) is 19.3 Å². The molecule has 0 aliphatic heterocycles. The van der Waals surface area contributed by atoms with Gasteiger partial charge >= 0.3 is 5.97 Å². The molecule has 0 saturated carbocycles. The molecular formula is C15H21IO4. The summed E-state index contributed by atoms with van der Waals surface area (Å²) in [7, 11) is 0. The highest BCUT2D eigenvalue weighted by atomic mass is 127. The van der Waals surface area contributed by atoms with Gasteiger partial charge in [0.1, 0.15) is 5.56 Å². The van der Waals surface area contributed by atoms with Crippen molar-refractivity contribution in [2.75, 3.05) is 4.43 Å². The van der Waals surface area contributed by atoms with Gasteiger partial charge in [0.15, 0.2) is 11.5 Å². The number of phenols is 2. The zero-order chi connectivity index (χ0) is 15.0. The summed E-state index contributed by atoms with van der Waals surface area (Å²) >= 11 is 2.38.